The first-order chi connectivity index (χ1) is 12.3. The smallest absolute Gasteiger partial charge is 0.228 e. The van der Waals surface area contributed by atoms with Gasteiger partial charge in [-0.2, -0.15) is 0 Å². The van der Waals surface area contributed by atoms with Crippen LogP contribution in [0.2, 0.25) is 0 Å². The molecule has 0 radical (unpaired) electrons. The van der Waals surface area contributed by atoms with E-state index in [-0.39, 0.29) is 17.2 Å². The van der Waals surface area contributed by atoms with Gasteiger partial charge in [-0.1, -0.05) is 26.8 Å². The highest BCUT2D eigenvalue weighted by molar-refractivity contribution is 5.91. The third kappa shape index (κ3) is 4.69. The van der Waals surface area contributed by atoms with Crippen molar-refractivity contribution in [2.75, 3.05) is 18.4 Å². The van der Waals surface area contributed by atoms with Crippen LogP contribution in [-0.2, 0) is 16.8 Å². The molecule has 0 aromatic carbocycles. The average molecular weight is 356 g/mol. The summed E-state index contributed by atoms with van der Waals surface area (Å²) in [5, 5.41) is 2.92. The van der Waals surface area contributed by atoms with Gasteiger partial charge in [-0.3, -0.25) is 9.69 Å². The SMILES string of the molecule is Cc1ccc(NC(=O)C2CCN(Cc3ncc(C(C)(C)C)o3)CC2)nc1. The second-order valence-electron chi connectivity index (χ2n) is 8.13. The molecule has 1 aliphatic rings. The van der Waals surface area contributed by atoms with E-state index in [1.54, 1.807) is 6.20 Å². The summed E-state index contributed by atoms with van der Waals surface area (Å²) in [5.74, 6) is 2.38. The van der Waals surface area contributed by atoms with Crippen molar-refractivity contribution in [1.82, 2.24) is 14.9 Å². The Balaban J connectivity index is 1.48. The molecule has 0 saturated carbocycles. The van der Waals surface area contributed by atoms with Gasteiger partial charge in [-0.05, 0) is 44.5 Å². The van der Waals surface area contributed by atoms with E-state index in [0.29, 0.717) is 12.4 Å². The zero-order valence-electron chi connectivity index (χ0n) is 16.1. The molecule has 2 aromatic rings. The zero-order valence-corrected chi connectivity index (χ0v) is 16.1. The number of hydrogen-bond acceptors (Lipinski definition) is 5. The zero-order chi connectivity index (χ0) is 18.7. The molecule has 1 saturated heterocycles. The monoisotopic (exact) mass is 356 g/mol. The van der Waals surface area contributed by atoms with Gasteiger partial charge in [0.25, 0.3) is 0 Å². The maximum absolute atomic E-state index is 12.4. The summed E-state index contributed by atoms with van der Waals surface area (Å²) in [6.07, 6.45) is 5.26. The van der Waals surface area contributed by atoms with E-state index in [4.69, 9.17) is 4.42 Å². The molecule has 0 spiro atoms. The highest BCUT2D eigenvalue weighted by Crippen LogP contribution is 2.24. The maximum Gasteiger partial charge on any atom is 0.228 e. The van der Waals surface area contributed by atoms with Crippen molar-refractivity contribution in [2.24, 2.45) is 5.92 Å². The Hall–Kier alpha value is -2.21. The first kappa shape index (κ1) is 18.6. The summed E-state index contributed by atoms with van der Waals surface area (Å²) in [4.78, 5) is 23.4. The molecule has 6 heteroatoms. The Morgan fingerprint density at radius 2 is 1.96 bits per heavy atom. The number of nitrogens with one attached hydrogen (secondary N) is 1. The minimum Gasteiger partial charge on any atom is -0.444 e. The number of amides is 1. The van der Waals surface area contributed by atoms with E-state index in [1.807, 2.05) is 25.3 Å². The molecule has 3 rings (SSSR count). The molecule has 6 nitrogen and oxygen atoms in total. The van der Waals surface area contributed by atoms with Crippen molar-refractivity contribution in [2.45, 2.75) is 52.5 Å². The number of likely N-dealkylation sites (tertiary alicyclic amines) is 1. The molecule has 0 bridgehead atoms. The quantitative estimate of drug-likeness (QED) is 0.907. The number of carbonyl (C=O) groups is 1. The summed E-state index contributed by atoms with van der Waals surface area (Å²) >= 11 is 0. The lowest BCUT2D eigenvalue weighted by Gasteiger charge is -2.30. The van der Waals surface area contributed by atoms with Gasteiger partial charge in [0.15, 0.2) is 0 Å². The number of aryl methyl sites for hydroxylation is 1. The Kier molecular flexibility index (Phi) is 5.41. The number of nitrogens with zero attached hydrogens (tertiary/aromatic N) is 3. The number of oxazole rings is 1. The third-order valence-electron chi connectivity index (χ3n) is 4.77. The van der Waals surface area contributed by atoms with Crippen molar-refractivity contribution in [3.05, 3.63) is 41.7 Å². The van der Waals surface area contributed by atoms with Crippen LogP contribution in [-0.4, -0.2) is 33.9 Å². The van der Waals surface area contributed by atoms with E-state index in [9.17, 15) is 4.79 Å². The number of rotatable bonds is 4. The van der Waals surface area contributed by atoms with E-state index in [0.717, 1.165) is 43.1 Å². The molecule has 0 atom stereocenters. The molecule has 140 valence electrons. The van der Waals surface area contributed by atoms with E-state index in [1.165, 1.54) is 0 Å². The Morgan fingerprint density at radius 3 is 2.54 bits per heavy atom. The fraction of sp³-hybridized carbons (Fsp3) is 0.550. The Labute approximate surface area is 155 Å². The molecule has 1 aliphatic heterocycles. The molecule has 26 heavy (non-hydrogen) atoms. The lowest BCUT2D eigenvalue weighted by molar-refractivity contribution is -0.121. The number of anilines is 1. The molecular formula is C20H28N4O2. The van der Waals surface area contributed by atoms with Crippen molar-refractivity contribution in [3.8, 4) is 0 Å². The minimum absolute atomic E-state index is 0.0274. The van der Waals surface area contributed by atoms with E-state index < -0.39 is 0 Å². The fourth-order valence-electron chi connectivity index (χ4n) is 3.04. The molecular weight excluding hydrogens is 328 g/mol. The number of piperidine rings is 1. The van der Waals surface area contributed by atoms with Crippen LogP contribution in [0.1, 0.15) is 50.8 Å². The van der Waals surface area contributed by atoms with E-state index in [2.05, 4.69) is 41.0 Å². The normalized spacial score (nSPS) is 16.6. The maximum atomic E-state index is 12.4. The van der Waals surface area contributed by atoms with Crippen LogP contribution in [0.25, 0.3) is 0 Å². The van der Waals surface area contributed by atoms with Gasteiger partial charge < -0.3 is 9.73 Å². The van der Waals surface area contributed by atoms with Crippen LogP contribution in [0.15, 0.2) is 28.9 Å². The van der Waals surface area contributed by atoms with Crippen molar-refractivity contribution < 1.29 is 9.21 Å². The predicted octanol–water partition coefficient (Wildman–Crippen LogP) is 3.53. The fourth-order valence-corrected chi connectivity index (χ4v) is 3.04. The van der Waals surface area contributed by atoms with Crippen molar-refractivity contribution in [3.63, 3.8) is 0 Å². The number of carbonyl (C=O) groups excluding carboxylic acids is 1. The molecule has 3 heterocycles. The van der Waals surface area contributed by atoms with Crippen molar-refractivity contribution in [1.29, 1.82) is 0 Å². The van der Waals surface area contributed by atoms with Gasteiger partial charge in [0.05, 0.1) is 12.7 Å². The van der Waals surface area contributed by atoms with Crippen LogP contribution in [0, 0.1) is 12.8 Å². The second kappa shape index (κ2) is 7.58. The first-order valence-corrected chi connectivity index (χ1v) is 9.22. The third-order valence-corrected chi connectivity index (χ3v) is 4.77. The van der Waals surface area contributed by atoms with Gasteiger partial charge in [0.2, 0.25) is 11.8 Å². The minimum atomic E-state index is -0.0274. The van der Waals surface area contributed by atoms with E-state index >= 15 is 0 Å². The lowest BCUT2D eigenvalue weighted by atomic mass is 9.94. The Morgan fingerprint density at radius 1 is 1.23 bits per heavy atom. The molecule has 0 aliphatic carbocycles. The van der Waals surface area contributed by atoms with Gasteiger partial charge in [0.1, 0.15) is 11.6 Å². The summed E-state index contributed by atoms with van der Waals surface area (Å²) in [5.41, 5.74) is 1.05. The van der Waals surface area contributed by atoms with Gasteiger partial charge >= 0.3 is 0 Å². The lowest BCUT2D eigenvalue weighted by Crippen LogP contribution is -2.37. The summed E-state index contributed by atoms with van der Waals surface area (Å²) in [7, 11) is 0. The number of aromatic nitrogens is 2. The van der Waals surface area contributed by atoms with Crippen LogP contribution in [0.3, 0.4) is 0 Å². The average Bonchev–Trinajstić information content (AvgIpc) is 3.06. The van der Waals surface area contributed by atoms with Crippen LogP contribution >= 0.6 is 0 Å². The molecule has 0 unspecified atom stereocenters. The van der Waals surface area contributed by atoms with Crippen LogP contribution < -0.4 is 5.32 Å². The summed E-state index contributed by atoms with van der Waals surface area (Å²) < 4.78 is 5.87. The molecule has 1 N–H and O–H groups in total. The van der Waals surface area contributed by atoms with Gasteiger partial charge in [0, 0.05) is 17.5 Å². The molecule has 2 aromatic heterocycles. The van der Waals surface area contributed by atoms with Crippen molar-refractivity contribution >= 4 is 11.7 Å². The number of pyridine rings is 1. The standard InChI is InChI=1S/C20H28N4O2/c1-14-5-6-17(21-11-14)23-19(25)15-7-9-24(10-8-15)13-18-22-12-16(26-18)20(2,3)4/h5-6,11-12,15H,7-10,13H2,1-4H3,(H,21,23,25). The highest BCUT2D eigenvalue weighted by atomic mass is 16.4. The molecule has 1 amide bonds. The Bertz CT molecular complexity index is 738. The highest BCUT2D eigenvalue weighted by Gasteiger charge is 2.26. The van der Waals surface area contributed by atoms with Crippen LogP contribution in [0.5, 0.6) is 0 Å². The van der Waals surface area contributed by atoms with Crippen LogP contribution in [0.4, 0.5) is 5.82 Å². The van der Waals surface area contributed by atoms with Gasteiger partial charge in [-0.25, -0.2) is 9.97 Å². The number of hydrogen-bond donors (Lipinski definition) is 1. The second-order valence-corrected chi connectivity index (χ2v) is 8.13. The summed E-state index contributed by atoms with van der Waals surface area (Å²) in [6, 6.07) is 3.80. The topological polar surface area (TPSA) is 71.3 Å². The first-order valence-electron chi connectivity index (χ1n) is 9.22. The predicted molar refractivity (Wildman–Crippen MR) is 101 cm³/mol. The van der Waals surface area contributed by atoms with Gasteiger partial charge in [-0.15, -0.1) is 0 Å². The summed E-state index contributed by atoms with van der Waals surface area (Å²) in [6.45, 7) is 10.8. The molecule has 1 fully saturated rings. The largest absolute Gasteiger partial charge is 0.444 e.